The molecule has 3 heteroatoms. The standard InChI is InChI=1S/C30H37PS2/c1-2-3-4-5-6-7-8-12-23-29(26-33-30-24-17-11-18-25-30)31(32,27-19-13-9-14-20-27)28-21-15-10-16-22-28/h9-11,13-22,24-26H,2-8,12,23H2,1H3/b29-26+. The summed E-state index contributed by atoms with van der Waals surface area (Å²) < 4.78 is 0. The van der Waals surface area contributed by atoms with Gasteiger partial charge in [0.1, 0.15) is 0 Å². The van der Waals surface area contributed by atoms with Gasteiger partial charge in [-0.1, -0.05) is 154 Å². The van der Waals surface area contributed by atoms with Gasteiger partial charge in [0, 0.05) is 10.9 Å². The first-order chi connectivity index (χ1) is 16.2. The largest absolute Gasteiger partial charge is 0.0977 e. The van der Waals surface area contributed by atoms with E-state index >= 15 is 0 Å². The van der Waals surface area contributed by atoms with Gasteiger partial charge in [0.2, 0.25) is 0 Å². The van der Waals surface area contributed by atoms with E-state index in [0.717, 1.165) is 6.42 Å². The zero-order valence-corrected chi connectivity index (χ0v) is 22.4. The highest BCUT2D eigenvalue weighted by Crippen LogP contribution is 2.55. The summed E-state index contributed by atoms with van der Waals surface area (Å²) in [5.74, 6) is 0. The van der Waals surface area contributed by atoms with Gasteiger partial charge in [-0.05, 0) is 46.3 Å². The minimum absolute atomic E-state index is 1.08. The fourth-order valence-electron chi connectivity index (χ4n) is 4.12. The van der Waals surface area contributed by atoms with E-state index in [1.807, 2.05) is 11.8 Å². The van der Waals surface area contributed by atoms with Crippen molar-refractivity contribution in [3.05, 3.63) is 102 Å². The highest BCUT2D eigenvalue weighted by Gasteiger charge is 2.26. The van der Waals surface area contributed by atoms with E-state index in [1.54, 1.807) is 0 Å². The van der Waals surface area contributed by atoms with E-state index < -0.39 is 6.04 Å². The van der Waals surface area contributed by atoms with Crippen molar-refractivity contribution in [1.82, 2.24) is 0 Å². The number of allylic oxidation sites excluding steroid dienone is 1. The summed E-state index contributed by atoms with van der Waals surface area (Å²) in [5, 5.41) is 6.42. The molecule has 0 fully saturated rings. The second-order valence-corrected chi connectivity index (χ2v) is 14.0. The predicted octanol–water partition coefficient (Wildman–Crippen LogP) is 9.28. The molecule has 0 aliphatic rings. The van der Waals surface area contributed by atoms with Gasteiger partial charge < -0.3 is 0 Å². The van der Waals surface area contributed by atoms with Crippen LogP contribution in [0.2, 0.25) is 0 Å². The van der Waals surface area contributed by atoms with E-state index in [4.69, 9.17) is 11.8 Å². The van der Waals surface area contributed by atoms with Crippen LogP contribution in [-0.4, -0.2) is 0 Å². The predicted molar refractivity (Wildman–Crippen MR) is 154 cm³/mol. The monoisotopic (exact) mass is 492 g/mol. The smallest absolute Gasteiger partial charge is 0.0345 e. The van der Waals surface area contributed by atoms with Crippen molar-refractivity contribution in [1.29, 1.82) is 0 Å². The van der Waals surface area contributed by atoms with E-state index in [9.17, 15) is 0 Å². The zero-order chi connectivity index (χ0) is 23.2. The molecule has 33 heavy (non-hydrogen) atoms. The Labute approximate surface area is 210 Å². The molecule has 0 saturated carbocycles. The lowest BCUT2D eigenvalue weighted by atomic mass is 10.1. The molecule has 0 amide bonds. The van der Waals surface area contributed by atoms with Crippen LogP contribution in [-0.2, 0) is 11.8 Å². The van der Waals surface area contributed by atoms with Gasteiger partial charge in [-0.25, -0.2) is 0 Å². The Morgan fingerprint density at radius 1 is 0.667 bits per heavy atom. The molecule has 0 aliphatic heterocycles. The first-order valence-corrected chi connectivity index (χ1v) is 16.1. The third kappa shape index (κ3) is 7.99. The average molecular weight is 493 g/mol. The first kappa shape index (κ1) is 26.0. The van der Waals surface area contributed by atoms with E-state index in [2.05, 4.69) is 103 Å². The van der Waals surface area contributed by atoms with Crippen LogP contribution < -0.4 is 10.6 Å². The minimum atomic E-state index is -2.07. The maximum Gasteiger partial charge on any atom is 0.0345 e. The summed E-state index contributed by atoms with van der Waals surface area (Å²) in [7, 11) is 0. The minimum Gasteiger partial charge on any atom is -0.0977 e. The van der Waals surface area contributed by atoms with Crippen LogP contribution in [0.3, 0.4) is 0 Å². The van der Waals surface area contributed by atoms with Crippen molar-refractivity contribution >= 4 is 40.2 Å². The third-order valence-corrected chi connectivity index (χ3v) is 12.3. The third-order valence-electron chi connectivity index (χ3n) is 6.00. The second kappa shape index (κ2) is 14.6. The van der Waals surface area contributed by atoms with Crippen molar-refractivity contribution in [2.75, 3.05) is 0 Å². The fourth-order valence-corrected chi connectivity index (χ4v) is 9.59. The lowest BCUT2D eigenvalue weighted by Crippen LogP contribution is -2.17. The Kier molecular flexibility index (Phi) is 11.5. The molecule has 0 aromatic heterocycles. The highest BCUT2D eigenvalue weighted by atomic mass is 32.4. The molecule has 0 aliphatic carbocycles. The van der Waals surface area contributed by atoms with Crippen LogP contribution in [0.1, 0.15) is 64.7 Å². The SMILES string of the molecule is CCCCCCCCCC/C(=C\Sc1ccccc1)P(=S)(c1ccccc1)c1ccccc1. The van der Waals surface area contributed by atoms with Crippen molar-refractivity contribution in [3.63, 3.8) is 0 Å². The Morgan fingerprint density at radius 3 is 1.64 bits per heavy atom. The van der Waals surface area contributed by atoms with Gasteiger partial charge in [-0.15, -0.1) is 0 Å². The van der Waals surface area contributed by atoms with Gasteiger partial charge in [0.05, 0.1) is 0 Å². The Hall–Kier alpha value is -1.60. The van der Waals surface area contributed by atoms with Crippen molar-refractivity contribution in [2.45, 2.75) is 69.6 Å². The van der Waals surface area contributed by atoms with E-state index in [1.165, 1.54) is 72.2 Å². The average Bonchev–Trinajstić information content (AvgIpc) is 2.88. The maximum atomic E-state index is 6.65. The second-order valence-electron chi connectivity index (χ2n) is 8.55. The van der Waals surface area contributed by atoms with Crippen LogP contribution in [0.15, 0.2) is 107 Å². The van der Waals surface area contributed by atoms with Gasteiger partial charge in [-0.2, -0.15) is 0 Å². The van der Waals surface area contributed by atoms with Gasteiger partial charge in [0.25, 0.3) is 0 Å². The molecule has 174 valence electrons. The van der Waals surface area contributed by atoms with Crippen LogP contribution in [0.5, 0.6) is 0 Å². The van der Waals surface area contributed by atoms with Crippen LogP contribution in [0, 0.1) is 0 Å². The van der Waals surface area contributed by atoms with Crippen molar-refractivity contribution in [2.24, 2.45) is 0 Å². The van der Waals surface area contributed by atoms with Crippen molar-refractivity contribution in [3.8, 4) is 0 Å². The number of hydrogen-bond acceptors (Lipinski definition) is 2. The number of hydrogen-bond donors (Lipinski definition) is 0. The normalized spacial score (nSPS) is 12.1. The lowest BCUT2D eigenvalue weighted by Gasteiger charge is -2.27. The molecular weight excluding hydrogens is 455 g/mol. The van der Waals surface area contributed by atoms with Crippen LogP contribution >= 0.6 is 17.8 Å². The molecule has 0 nitrogen and oxygen atoms in total. The molecule has 0 saturated heterocycles. The number of benzene rings is 3. The number of rotatable bonds is 14. The summed E-state index contributed by atoms with van der Waals surface area (Å²) in [6, 6.07) is 30.3. The van der Waals surface area contributed by atoms with Gasteiger partial charge in [-0.3, -0.25) is 0 Å². The molecule has 3 aromatic rings. The van der Waals surface area contributed by atoms with Gasteiger partial charge in [0.15, 0.2) is 0 Å². The molecule has 3 rings (SSSR count). The quantitative estimate of drug-likeness (QED) is 0.125. The number of unbranched alkanes of at least 4 members (excludes halogenated alkanes) is 7. The lowest BCUT2D eigenvalue weighted by molar-refractivity contribution is 0.577. The molecule has 0 N–H and O–H groups in total. The summed E-state index contributed by atoms with van der Waals surface area (Å²) in [6.45, 7) is 2.28. The van der Waals surface area contributed by atoms with Gasteiger partial charge >= 0.3 is 0 Å². The molecule has 0 unspecified atom stereocenters. The summed E-state index contributed by atoms with van der Waals surface area (Å²) in [5.41, 5.74) is 0. The summed E-state index contributed by atoms with van der Waals surface area (Å²) in [4.78, 5) is 1.27. The van der Waals surface area contributed by atoms with E-state index in [-0.39, 0.29) is 0 Å². The molecule has 0 radical (unpaired) electrons. The Bertz CT molecular complexity index is 954. The maximum absolute atomic E-state index is 6.65. The molecule has 0 bridgehead atoms. The summed E-state index contributed by atoms with van der Waals surface area (Å²) >= 11 is 8.47. The number of thioether (sulfide) groups is 1. The molecule has 0 atom stereocenters. The molecular formula is C30H37PS2. The van der Waals surface area contributed by atoms with Crippen LogP contribution in [0.4, 0.5) is 0 Å². The summed E-state index contributed by atoms with van der Waals surface area (Å²) in [6.07, 6.45) is 11.7. The first-order valence-electron chi connectivity index (χ1n) is 12.4. The topological polar surface area (TPSA) is 0 Å². The zero-order valence-electron chi connectivity index (χ0n) is 19.9. The Balaban J connectivity index is 1.83. The molecule has 0 spiro atoms. The molecule has 3 aromatic carbocycles. The van der Waals surface area contributed by atoms with Crippen molar-refractivity contribution < 1.29 is 0 Å². The highest BCUT2D eigenvalue weighted by molar-refractivity contribution is 8.24. The fraction of sp³-hybridized carbons (Fsp3) is 0.333. The Morgan fingerprint density at radius 2 is 1.12 bits per heavy atom. The molecule has 0 heterocycles. The van der Waals surface area contributed by atoms with E-state index in [0.29, 0.717) is 0 Å². The van der Waals surface area contributed by atoms with Crippen LogP contribution in [0.25, 0.3) is 0 Å².